The number of nitriles is 1. The normalized spacial score (nSPS) is 10.5. The molecule has 0 amide bonds. The Hall–Kier alpha value is -2.77. The maximum atomic E-state index is 12.7. The van der Waals surface area contributed by atoms with Gasteiger partial charge in [0.25, 0.3) is 0 Å². The van der Waals surface area contributed by atoms with Crippen molar-refractivity contribution in [3.8, 4) is 6.07 Å². The Morgan fingerprint density at radius 3 is 2.71 bits per heavy atom. The van der Waals surface area contributed by atoms with Crippen molar-refractivity contribution >= 4 is 34.0 Å². The molecule has 0 spiro atoms. The van der Waals surface area contributed by atoms with Crippen LogP contribution in [0.1, 0.15) is 21.5 Å². The number of carbonyl (C=O) groups excluding carboxylic acids is 1. The number of nitrogen functional groups attached to an aromatic ring is 1. The van der Waals surface area contributed by atoms with Crippen molar-refractivity contribution < 1.29 is 4.79 Å². The molecule has 0 aliphatic carbocycles. The number of anilines is 1. The number of hydrogen-bond donors (Lipinski definition) is 2. The van der Waals surface area contributed by atoms with Gasteiger partial charge in [0, 0.05) is 28.4 Å². The first-order chi connectivity index (χ1) is 10.1. The second-order valence-corrected chi connectivity index (χ2v) is 4.98. The third kappa shape index (κ3) is 2.04. The summed E-state index contributed by atoms with van der Waals surface area (Å²) in [6, 6.07) is 12.3. The van der Waals surface area contributed by atoms with Crippen LogP contribution in [-0.2, 0) is 0 Å². The molecule has 0 aliphatic heterocycles. The van der Waals surface area contributed by atoms with E-state index in [4.69, 9.17) is 17.3 Å². The minimum atomic E-state index is -0.299. The molecule has 102 valence electrons. The molecule has 5 heteroatoms. The molecule has 0 atom stereocenters. The Morgan fingerprint density at radius 2 is 2.00 bits per heavy atom. The number of benzene rings is 2. The molecule has 4 nitrogen and oxygen atoms in total. The van der Waals surface area contributed by atoms with E-state index in [-0.39, 0.29) is 11.3 Å². The van der Waals surface area contributed by atoms with Crippen molar-refractivity contribution in [3.05, 3.63) is 64.3 Å². The zero-order valence-corrected chi connectivity index (χ0v) is 11.6. The summed E-state index contributed by atoms with van der Waals surface area (Å²) in [5.74, 6) is -0.299. The fraction of sp³-hybridized carbons (Fsp3) is 0. The quantitative estimate of drug-likeness (QED) is 0.560. The fourth-order valence-electron chi connectivity index (χ4n) is 2.37. The zero-order valence-electron chi connectivity index (χ0n) is 10.9. The third-order valence-corrected chi connectivity index (χ3v) is 3.66. The summed E-state index contributed by atoms with van der Waals surface area (Å²) >= 11 is 6.09. The lowest BCUT2D eigenvalue weighted by molar-refractivity contribution is 0.104. The molecule has 1 aromatic heterocycles. The summed E-state index contributed by atoms with van der Waals surface area (Å²) in [6.07, 6.45) is 1.58. The van der Waals surface area contributed by atoms with Gasteiger partial charge in [0.1, 0.15) is 0 Å². The van der Waals surface area contributed by atoms with Gasteiger partial charge in [0.05, 0.1) is 22.2 Å². The standard InChI is InChI=1S/C16H10ClN3O/c17-11-4-2-5-12(19)15(11)16(21)10-8-20-13-6-1-3-9(7-18)14(10)13/h1-6,8,20H,19H2. The summed E-state index contributed by atoms with van der Waals surface area (Å²) in [5.41, 5.74) is 7.98. The van der Waals surface area contributed by atoms with Gasteiger partial charge in [0.2, 0.25) is 0 Å². The van der Waals surface area contributed by atoms with Gasteiger partial charge in [-0.1, -0.05) is 23.7 Å². The second kappa shape index (κ2) is 4.97. The first kappa shape index (κ1) is 13.2. The van der Waals surface area contributed by atoms with Gasteiger partial charge in [-0.05, 0) is 24.3 Å². The number of halogens is 1. The molecule has 3 rings (SSSR count). The smallest absolute Gasteiger partial charge is 0.198 e. The Morgan fingerprint density at radius 1 is 1.24 bits per heavy atom. The molecule has 3 aromatic rings. The lowest BCUT2D eigenvalue weighted by Crippen LogP contribution is -2.06. The molecule has 2 aromatic carbocycles. The highest BCUT2D eigenvalue weighted by atomic mass is 35.5. The molecule has 3 N–H and O–H groups in total. The average molecular weight is 296 g/mol. The van der Waals surface area contributed by atoms with Crippen LogP contribution in [0.4, 0.5) is 5.69 Å². The molecule has 0 saturated heterocycles. The number of ketones is 1. The van der Waals surface area contributed by atoms with Crippen molar-refractivity contribution in [1.29, 1.82) is 5.26 Å². The van der Waals surface area contributed by atoms with Crippen LogP contribution in [0.5, 0.6) is 0 Å². The van der Waals surface area contributed by atoms with Crippen molar-refractivity contribution in [2.45, 2.75) is 0 Å². The molecule has 0 radical (unpaired) electrons. The number of aromatic nitrogens is 1. The highest BCUT2D eigenvalue weighted by Crippen LogP contribution is 2.29. The molecule has 0 bridgehead atoms. The van der Waals surface area contributed by atoms with Crippen molar-refractivity contribution in [2.75, 3.05) is 5.73 Å². The molecule has 1 heterocycles. The van der Waals surface area contributed by atoms with Crippen LogP contribution in [0.25, 0.3) is 10.9 Å². The highest BCUT2D eigenvalue weighted by molar-refractivity contribution is 6.36. The van der Waals surface area contributed by atoms with Crippen LogP contribution in [0.15, 0.2) is 42.6 Å². The summed E-state index contributed by atoms with van der Waals surface area (Å²) in [7, 11) is 0. The summed E-state index contributed by atoms with van der Waals surface area (Å²) in [6.45, 7) is 0. The zero-order chi connectivity index (χ0) is 15.0. The average Bonchev–Trinajstić information content (AvgIpc) is 2.90. The van der Waals surface area contributed by atoms with E-state index >= 15 is 0 Å². The van der Waals surface area contributed by atoms with Crippen LogP contribution in [0.2, 0.25) is 5.02 Å². The van der Waals surface area contributed by atoms with Crippen LogP contribution >= 0.6 is 11.6 Å². The first-order valence-electron chi connectivity index (χ1n) is 6.22. The van der Waals surface area contributed by atoms with Gasteiger partial charge in [-0.15, -0.1) is 0 Å². The molecular formula is C16H10ClN3O. The summed E-state index contributed by atoms with van der Waals surface area (Å²) < 4.78 is 0. The van der Waals surface area contributed by atoms with E-state index in [0.717, 1.165) is 5.52 Å². The minimum Gasteiger partial charge on any atom is -0.398 e. The molecule has 0 fully saturated rings. The van der Waals surface area contributed by atoms with Crippen molar-refractivity contribution in [2.24, 2.45) is 0 Å². The number of fused-ring (bicyclic) bond motifs is 1. The lowest BCUT2D eigenvalue weighted by atomic mass is 9.99. The van der Waals surface area contributed by atoms with Crippen molar-refractivity contribution in [1.82, 2.24) is 4.98 Å². The van der Waals surface area contributed by atoms with E-state index in [9.17, 15) is 10.1 Å². The van der Waals surface area contributed by atoms with Crippen LogP contribution in [0, 0.1) is 11.3 Å². The first-order valence-corrected chi connectivity index (χ1v) is 6.60. The van der Waals surface area contributed by atoms with Gasteiger partial charge < -0.3 is 10.7 Å². The van der Waals surface area contributed by atoms with E-state index in [2.05, 4.69) is 11.1 Å². The summed E-state index contributed by atoms with van der Waals surface area (Å²) in [5, 5.41) is 10.1. The maximum absolute atomic E-state index is 12.7. The largest absolute Gasteiger partial charge is 0.398 e. The Balaban J connectivity index is 2.27. The van der Waals surface area contributed by atoms with Gasteiger partial charge in [-0.2, -0.15) is 5.26 Å². The maximum Gasteiger partial charge on any atom is 0.198 e. The number of rotatable bonds is 2. The monoisotopic (exact) mass is 295 g/mol. The predicted molar refractivity (Wildman–Crippen MR) is 82.3 cm³/mol. The van der Waals surface area contributed by atoms with E-state index in [1.54, 1.807) is 36.5 Å². The number of nitrogens with one attached hydrogen (secondary N) is 1. The van der Waals surface area contributed by atoms with Crippen molar-refractivity contribution in [3.63, 3.8) is 0 Å². The predicted octanol–water partition coefficient (Wildman–Crippen LogP) is 3.51. The number of nitrogens with two attached hydrogens (primary N) is 1. The van der Waals surface area contributed by atoms with E-state index in [1.165, 1.54) is 0 Å². The van der Waals surface area contributed by atoms with Crippen LogP contribution < -0.4 is 5.73 Å². The van der Waals surface area contributed by atoms with E-state index < -0.39 is 0 Å². The lowest BCUT2D eigenvalue weighted by Gasteiger charge is -2.06. The van der Waals surface area contributed by atoms with Crippen LogP contribution in [-0.4, -0.2) is 10.8 Å². The van der Waals surface area contributed by atoms with Gasteiger partial charge in [0.15, 0.2) is 5.78 Å². The highest BCUT2D eigenvalue weighted by Gasteiger charge is 2.20. The Bertz CT molecular complexity index is 885. The number of carbonyl (C=O) groups is 1. The fourth-order valence-corrected chi connectivity index (χ4v) is 2.64. The molecule has 0 unspecified atom stereocenters. The minimum absolute atomic E-state index is 0.257. The van der Waals surface area contributed by atoms with Crippen LogP contribution in [0.3, 0.4) is 0 Å². The Kier molecular flexibility index (Phi) is 3.13. The van der Waals surface area contributed by atoms with E-state index in [1.807, 2.05) is 6.07 Å². The number of nitrogens with zero attached hydrogens (tertiary/aromatic N) is 1. The second-order valence-electron chi connectivity index (χ2n) is 4.58. The van der Waals surface area contributed by atoms with Gasteiger partial charge in [-0.3, -0.25) is 4.79 Å². The molecule has 21 heavy (non-hydrogen) atoms. The Labute approximate surface area is 125 Å². The van der Waals surface area contributed by atoms with E-state index in [0.29, 0.717) is 27.2 Å². The summed E-state index contributed by atoms with van der Waals surface area (Å²) in [4.78, 5) is 15.7. The number of aromatic amines is 1. The van der Waals surface area contributed by atoms with Gasteiger partial charge in [-0.25, -0.2) is 0 Å². The topological polar surface area (TPSA) is 82.7 Å². The number of hydrogen-bond acceptors (Lipinski definition) is 3. The molecule has 0 saturated carbocycles. The molecule has 0 aliphatic rings. The molecular weight excluding hydrogens is 286 g/mol. The number of H-pyrrole nitrogens is 1. The third-order valence-electron chi connectivity index (χ3n) is 3.34. The van der Waals surface area contributed by atoms with Gasteiger partial charge >= 0.3 is 0 Å². The SMILES string of the molecule is N#Cc1cccc2[nH]cc(C(=O)c3c(N)cccc3Cl)c12.